The van der Waals surface area contributed by atoms with Gasteiger partial charge >= 0.3 is 0 Å². The predicted molar refractivity (Wildman–Crippen MR) is 99.3 cm³/mol. The minimum Gasteiger partial charge on any atom is -0.383 e. The fraction of sp³-hybridized carbons (Fsp3) is 0.0526. The lowest BCUT2D eigenvalue weighted by Crippen LogP contribution is -2.01. The molecule has 24 heavy (non-hydrogen) atoms. The molecule has 0 radical (unpaired) electrons. The second-order valence-electron chi connectivity index (χ2n) is 5.64. The van der Waals surface area contributed by atoms with Gasteiger partial charge in [-0.3, -0.25) is 0 Å². The van der Waals surface area contributed by atoms with Gasteiger partial charge in [0.2, 0.25) is 5.95 Å². The summed E-state index contributed by atoms with van der Waals surface area (Å²) in [6.07, 6.45) is 6.31. The number of aromatic nitrogens is 3. The van der Waals surface area contributed by atoms with Crippen molar-refractivity contribution in [1.82, 2.24) is 14.5 Å². The summed E-state index contributed by atoms with van der Waals surface area (Å²) in [7, 11) is 0. The van der Waals surface area contributed by atoms with Gasteiger partial charge in [0.1, 0.15) is 5.82 Å². The highest BCUT2D eigenvalue weighted by molar-refractivity contribution is 6.10. The number of nitrogens with zero attached hydrogens (tertiary/aromatic N) is 3. The van der Waals surface area contributed by atoms with Crippen LogP contribution in [0, 0.1) is 0 Å². The highest BCUT2D eigenvalue weighted by Gasteiger charge is 2.10. The molecule has 5 heteroatoms. The average Bonchev–Trinajstić information content (AvgIpc) is 2.98. The molecule has 0 aliphatic rings. The maximum atomic E-state index is 6.05. The van der Waals surface area contributed by atoms with E-state index in [0.717, 1.165) is 28.4 Å². The van der Waals surface area contributed by atoms with Gasteiger partial charge in [0.05, 0.1) is 10.9 Å². The van der Waals surface area contributed by atoms with Crippen molar-refractivity contribution in [2.75, 3.05) is 11.5 Å². The van der Waals surface area contributed by atoms with Crippen LogP contribution in [0.4, 0.5) is 11.8 Å². The van der Waals surface area contributed by atoms with Gasteiger partial charge in [0.15, 0.2) is 0 Å². The van der Waals surface area contributed by atoms with Gasteiger partial charge in [-0.25, -0.2) is 4.98 Å². The Morgan fingerprint density at radius 3 is 2.62 bits per heavy atom. The molecule has 4 N–H and O–H groups in total. The summed E-state index contributed by atoms with van der Waals surface area (Å²) in [5.41, 5.74) is 14.8. The Kier molecular flexibility index (Phi) is 3.39. The van der Waals surface area contributed by atoms with Crippen molar-refractivity contribution in [1.29, 1.82) is 0 Å². The first-order valence-corrected chi connectivity index (χ1v) is 7.74. The largest absolute Gasteiger partial charge is 0.383 e. The Morgan fingerprint density at radius 2 is 1.79 bits per heavy atom. The molecule has 2 heterocycles. The maximum Gasteiger partial charge on any atom is 0.222 e. The van der Waals surface area contributed by atoms with Crippen LogP contribution in [0.3, 0.4) is 0 Å². The van der Waals surface area contributed by atoms with Crippen LogP contribution in [0.2, 0.25) is 0 Å². The topological polar surface area (TPSA) is 82.7 Å². The van der Waals surface area contributed by atoms with Gasteiger partial charge in [-0.2, -0.15) is 4.98 Å². The van der Waals surface area contributed by atoms with E-state index in [2.05, 4.69) is 45.0 Å². The lowest BCUT2D eigenvalue weighted by atomic mass is 10.1. The second kappa shape index (κ2) is 5.70. The van der Waals surface area contributed by atoms with Crippen molar-refractivity contribution in [2.24, 2.45) is 0 Å². The Morgan fingerprint density at radius 1 is 0.958 bits per heavy atom. The molecule has 0 fully saturated rings. The molecule has 118 valence electrons. The molecule has 4 rings (SSSR count). The van der Waals surface area contributed by atoms with Gasteiger partial charge in [-0.1, -0.05) is 42.5 Å². The molecule has 0 unspecified atom stereocenters. The number of fused-ring (bicyclic) bond motifs is 3. The number of hydrogen-bond acceptors (Lipinski definition) is 4. The van der Waals surface area contributed by atoms with Crippen LogP contribution in [-0.4, -0.2) is 14.5 Å². The van der Waals surface area contributed by atoms with Crippen LogP contribution in [-0.2, 0) is 6.54 Å². The molecule has 0 aliphatic heterocycles. The summed E-state index contributed by atoms with van der Waals surface area (Å²) in [4.78, 5) is 8.35. The number of nitrogen functional groups attached to an aromatic ring is 2. The lowest BCUT2D eigenvalue weighted by molar-refractivity contribution is 0.867. The van der Waals surface area contributed by atoms with Crippen molar-refractivity contribution in [2.45, 2.75) is 6.54 Å². The molecule has 2 aromatic heterocycles. The molecule has 0 saturated heterocycles. The van der Waals surface area contributed by atoms with Crippen LogP contribution >= 0.6 is 0 Å². The third-order valence-corrected chi connectivity index (χ3v) is 4.07. The standard InChI is InChI=1S/C19H17N5/c20-18-17-14-10-12-24(11-4-7-13-5-2-1-3-6-13)16(14)9-8-15(17)22-19(21)23-18/h1-10,12H,11H2,(H4,20,21,22,23)/b7-4+. The quantitative estimate of drug-likeness (QED) is 0.606. The summed E-state index contributed by atoms with van der Waals surface area (Å²) < 4.78 is 2.17. The molecule has 2 aromatic carbocycles. The predicted octanol–water partition coefficient (Wildman–Crippen LogP) is 3.46. The van der Waals surface area contributed by atoms with E-state index in [0.29, 0.717) is 5.82 Å². The highest BCUT2D eigenvalue weighted by Crippen LogP contribution is 2.29. The van der Waals surface area contributed by atoms with Crippen molar-refractivity contribution in [3.8, 4) is 0 Å². The molecule has 0 spiro atoms. The number of nitrogens with two attached hydrogens (primary N) is 2. The van der Waals surface area contributed by atoms with Crippen LogP contribution in [0.25, 0.3) is 27.9 Å². The Labute approximate surface area is 139 Å². The molecule has 0 aliphatic carbocycles. The second-order valence-corrected chi connectivity index (χ2v) is 5.64. The highest BCUT2D eigenvalue weighted by atomic mass is 15.0. The number of rotatable bonds is 3. The normalized spacial score (nSPS) is 11.7. The van der Waals surface area contributed by atoms with Crippen molar-refractivity contribution in [3.63, 3.8) is 0 Å². The minimum atomic E-state index is 0.199. The molecule has 0 bridgehead atoms. The summed E-state index contributed by atoms with van der Waals surface area (Å²) in [5, 5.41) is 1.89. The van der Waals surface area contributed by atoms with E-state index in [1.807, 2.05) is 36.4 Å². The Bertz CT molecular complexity index is 1050. The van der Waals surface area contributed by atoms with E-state index in [4.69, 9.17) is 11.5 Å². The van der Waals surface area contributed by atoms with Crippen molar-refractivity contribution < 1.29 is 0 Å². The molecular formula is C19H17N5. The number of allylic oxidation sites excluding steroid dienone is 1. The molecule has 4 aromatic rings. The third kappa shape index (κ3) is 2.46. The first-order chi connectivity index (χ1) is 11.7. The molecule has 0 atom stereocenters. The number of benzene rings is 2. The molecular weight excluding hydrogens is 298 g/mol. The summed E-state index contributed by atoms with van der Waals surface area (Å²) in [6.45, 7) is 0.777. The van der Waals surface area contributed by atoms with Crippen LogP contribution in [0.15, 0.2) is 60.8 Å². The SMILES string of the molecule is Nc1nc(N)c2c(ccc3c2ccn3C/C=C/c2ccccc2)n1. The fourth-order valence-corrected chi connectivity index (χ4v) is 2.98. The minimum absolute atomic E-state index is 0.199. The average molecular weight is 315 g/mol. The molecule has 0 saturated carbocycles. The summed E-state index contributed by atoms with van der Waals surface area (Å²) in [5.74, 6) is 0.616. The van der Waals surface area contributed by atoms with E-state index in [1.54, 1.807) is 0 Å². The van der Waals surface area contributed by atoms with Gasteiger partial charge in [0.25, 0.3) is 0 Å². The third-order valence-electron chi connectivity index (χ3n) is 4.07. The van der Waals surface area contributed by atoms with Crippen molar-refractivity contribution in [3.05, 3.63) is 66.4 Å². The summed E-state index contributed by atoms with van der Waals surface area (Å²) >= 11 is 0. The Balaban J connectivity index is 1.73. The lowest BCUT2D eigenvalue weighted by Gasteiger charge is -2.06. The van der Waals surface area contributed by atoms with Crippen LogP contribution in [0.1, 0.15) is 5.56 Å². The Hall–Kier alpha value is -3.34. The fourth-order valence-electron chi connectivity index (χ4n) is 2.98. The van der Waals surface area contributed by atoms with Gasteiger partial charge in [-0.15, -0.1) is 0 Å². The molecule has 5 nitrogen and oxygen atoms in total. The number of anilines is 2. The van der Waals surface area contributed by atoms with Gasteiger partial charge in [0, 0.05) is 23.6 Å². The molecule has 0 amide bonds. The van der Waals surface area contributed by atoms with Crippen LogP contribution in [0.5, 0.6) is 0 Å². The zero-order valence-electron chi connectivity index (χ0n) is 13.1. The van der Waals surface area contributed by atoms with E-state index in [1.165, 1.54) is 5.56 Å². The van der Waals surface area contributed by atoms with Gasteiger partial charge < -0.3 is 16.0 Å². The first kappa shape index (κ1) is 14.3. The van der Waals surface area contributed by atoms with E-state index >= 15 is 0 Å². The first-order valence-electron chi connectivity index (χ1n) is 7.74. The monoisotopic (exact) mass is 315 g/mol. The van der Waals surface area contributed by atoms with Crippen molar-refractivity contribution >= 4 is 39.6 Å². The van der Waals surface area contributed by atoms with E-state index in [-0.39, 0.29) is 5.95 Å². The zero-order chi connectivity index (χ0) is 16.5. The number of hydrogen-bond donors (Lipinski definition) is 2. The summed E-state index contributed by atoms with van der Waals surface area (Å²) in [6, 6.07) is 16.3. The zero-order valence-corrected chi connectivity index (χ0v) is 13.1. The van der Waals surface area contributed by atoms with E-state index in [9.17, 15) is 0 Å². The maximum absolute atomic E-state index is 6.05. The smallest absolute Gasteiger partial charge is 0.222 e. The van der Waals surface area contributed by atoms with Gasteiger partial charge in [-0.05, 0) is 23.8 Å². The van der Waals surface area contributed by atoms with Crippen LogP contribution < -0.4 is 11.5 Å². The van der Waals surface area contributed by atoms with E-state index < -0.39 is 0 Å².